The number of rotatable bonds is 11. The number of primary amides is 1. The molecule has 1 aromatic carbocycles. The zero-order chi connectivity index (χ0) is 28.9. The second-order valence-corrected chi connectivity index (χ2v) is 8.73. The van der Waals surface area contributed by atoms with E-state index in [4.69, 9.17) is 4.74 Å². The summed E-state index contributed by atoms with van der Waals surface area (Å²) in [6.07, 6.45) is 10.4. The number of allylic oxidation sites excluding steroid dienone is 4. The molecule has 3 N–H and O–H groups in total. The van der Waals surface area contributed by atoms with Crippen LogP contribution in [0.15, 0.2) is 67.2 Å². The highest BCUT2D eigenvalue weighted by Crippen LogP contribution is 2.33. The van der Waals surface area contributed by atoms with Crippen LogP contribution in [0.1, 0.15) is 48.7 Å². The number of aryl methyl sites for hydroxylation is 1. The number of H-pyrrole nitrogens is 1. The first kappa shape index (κ1) is 31.1. The molecule has 0 aliphatic heterocycles. The van der Waals surface area contributed by atoms with Crippen molar-refractivity contribution in [2.75, 3.05) is 33.9 Å². The lowest BCUT2D eigenvalue weighted by molar-refractivity contribution is -0.121. The Morgan fingerprint density at radius 2 is 1.82 bits per heavy atom. The van der Waals surface area contributed by atoms with Crippen LogP contribution in [0, 0.1) is 6.92 Å². The van der Waals surface area contributed by atoms with Gasteiger partial charge in [-0.2, -0.15) is 0 Å². The molecule has 3 aromatic rings. The van der Waals surface area contributed by atoms with Crippen molar-refractivity contribution in [3.63, 3.8) is 0 Å². The zero-order valence-corrected chi connectivity index (χ0v) is 23.8. The average molecular weight is 533 g/mol. The second kappa shape index (κ2) is 15.3. The van der Waals surface area contributed by atoms with Crippen LogP contribution in [-0.4, -0.2) is 60.6 Å². The smallest absolute Gasteiger partial charge is 0.254 e. The van der Waals surface area contributed by atoms with Crippen molar-refractivity contribution in [1.82, 2.24) is 14.9 Å². The fraction of sp³-hybridized carbons (Fsp3) is 0.323. The number of aromatic nitrogens is 2. The number of hydrogen-bond donors (Lipinski definition) is 2. The molecule has 39 heavy (non-hydrogen) atoms. The van der Waals surface area contributed by atoms with Crippen LogP contribution in [-0.2, 0) is 14.3 Å². The highest BCUT2D eigenvalue weighted by Gasteiger charge is 2.18. The van der Waals surface area contributed by atoms with Gasteiger partial charge in [-0.15, -0.1) is 0 Å². The largest absolute Gasteiger partial charge is 0.496 e. The van der Waals surface area contributed by atoms with Gasteiger partial charge in [0.1, 0.15) is 18.0 Å². The first-order valence-corrected chi connectivity index (χ1v) is 13.0. The highest BCUT2D eigenvalue weighted by molar-refractivity contribution is 5.99. The Balaban J connectivity index is 0.000000798. The summed E-state index contributed by atoms with van der Waals surface area (Å²) < 4.78 is 9.99. The van der Waals surface area contributed by atoms with Gasteiger partial charge in [-0.05, 0) is 56.5 Å². The molecule has 0 bridgehead atoms. The number of carbonyl (C=O) groups excluding carboxylic acids is 2. The standard InChI is InChI=1S/C28H33N3O2.C3H7NO2/c1-7-11-22(26(33-6)12-8-2)25-18-30-27-24(25)16-21(17-29-27)20-14-13-19(5)23(15-20)28(32)31(9-3)10-4;1-6-2-3(4)5/h7,11-18H,1,8-10H2,2-6H3,(H,29,30);2H2,1H3,(H2,4,5)/b22-11-,26-12+;. The van der Waals surface area contributed by atoms with Crippen molar-refractivity contribution in [1.29, 1.82) is 0 Å². The summed E-state index contributed by atoms with van der Waals surface area (Å²) in [5.74, 6) is 0.421. The van der Waals surface area contributed by atoms with E-state index in [0.717, 1.165) is 56.6 Å². The maximum absolute atomic E-state index is 13.0. The van der Waals surface area contributed by atoms with Crippen LogP contribution in [0.5, 0.6) is 0 Å². The number of nitrogens with one attached hydrogen (secondary N) is 1. The molecule has 8 nitrogen and oxygen atoms in total. The Labute approximate surface area is 231 Å². The third kappa shape index (κ3) is 7.91. The Morgan fingerprint density at radius 1 is 1.10 bits per heavy atom. The van der Waals surface area contributed by atoms with E-state index in [9.17, 15) is 9.59 Å². The zero-order valence-electron chi connectivity index (χ0n) is 23.8. The number of pyridine rings is 1. The third-order valence-electron chi connectivity index (χ3n) is 6.12. The van der Waals surface area contributed by atoms with Crippen molar-refractivity contribution >= 4 is 28.4 Å². The molecule has 0 atom stereocenters. The van der Waals surface area contributed by atoms with E-state index in [1.54, 1.807) is 13.2 Å². The molecule has 0 fully saturated rings. The Hall–Kier alpha value is -4.17. The molecule has 2 aromatic heterocycles. The van der Waals surface area contributed by atoms with Gasteiger partial charge in [0.15, 0.2) is 0 Å². The van der Waals surface area contributed by atoms with E-state index in [1.165, 1.54) is 7.11 Å². The fourth-order valence-electron chi connectivity index (χ4n) is 4.15. The molecule has 0 aliphatic rings. The number of methoxy groups -OCH3 is 2. The molecule has 208 valence electrons. The second-order valence-electron chi connectivity index (χ2n) is 8.73. The Bertz CT molecular complexity index is 1350. The van der Waals surface area contributed by atoms with Crippen LogP contribution in [0.4, 0.5) is 0 Å². The minimum Gasteiger partial charge on any atom is -0.496 e. The number of carbonyl (C=O) groups is 2. The first-order chi connectivity index (χ1) is 18.8. The van der Waals surface area contributed by atoms with Gasteiger partial charge in [0.2, 0.25) is 5.91 Å². The van der Waals surface area contributed by atoms with Gasteiger partial charge >= 0.3 is 0 Å². The maximum Gasteiger partial charge on any atom is 0.254 e. The molecule has 3 rings (SSSR count). The summed E-state index contributed by atoms with van der Waals surface area (Å²) in [5.41, 5.74) is 11.0. The van der Waals surface area contributed by atoms with Crippen molar-refractivity contribution in [2.24, 2.45) is 5.73 Å². The summed E-state index contributed by atoms with van der Waals surface area (Å²) in [6, 6.07) is 8.13. The monoisotopic (exact) mass is 532 g/mol. The topological polar surface area (TPSA) is 111 Å². The predicted octanol–water partition coefficient (Wildman–Crippen LogP) is 5.65. The molecule has 0 saturated carbocycles. The minimum absolute atomic E-state index is 0.0139. The van der Waals surface area contributed by atoms with E-state index in [-0.39, 0.29) is 12.5 Å². The Kier molecular flexibility index (Phi) is 12.2. The Morgan fingerprint density at radius 3 is 2.36 bits per heavy atom. The number of nitrogens with zero attached hydrogens (tertiary/aromatic N) is 2. The summed E-state index contributed by atoms with van der Waals surface area (Å²) in [6.45, 7) is 13.3. The van der Waals surface area contributed by atoms with E-state index in [1.807, 2.05) is 62.3 Å². The van der Waals surface area contributed by atoms with Crippen LogP contribution in [0.25, 0.3) is 27.7 Å². The van der Waals surface area contributed by atoms with Gasteiger partial charge < -0.3 is 25.1 Å². The predicted molar refractivity (Wildman–Crippen MR) is 158 cm³/mol. The van der Waals surface area contributed by atoms with Crippen LogP contribution in [0.3, 0.4) is 0 Å². The van der Waals surface area contributed by atoms with E-state index in [0.29, 0.717) is 13.1 Å². The van der Waals surface area contributed by atoms with Gasteiger partial charge in [-0.1, -0.05) is 37.8 Å². The van der Waals surface area contributed by atoms with Gasteiger partial charge in [0.05, 0.1) is 7.11 Å². The number of benzene rings is 1. The first-order valence-electron chi connectivity index (χ1n) is 13.0. The highest BCUT2D eigenvalue weighted by atomic mass is 16.5. The lowest BCUT2D eigenvalue weighted by atomic mass is 9.97. The molecule has 0 unspecified atom stereocenters. The van der Waals surface area contributed by atoms with Gasteiger partial charge in [0.25, 0.3) is 5.91 Å². The molecule has 0 spiro atoms. The van der Waals surface area contributed by atoms with Crippen molar-refractivity contribution < 1.29 is 19.1 Å². The van der Waals surface area contributed by atoms with Crippen molar-refractivity contribution in [2.45, 2.75) is 34.1 Å². The molecule has 0 aliphatic carbocycles. The molecule has 2 amide bonds. The summed E-state index contributed by atoms with van der Waals surface area (Å²) in [5, 5.41) is 0.983. The van der Waals surface area contributed by atoms with Crippen molar-refractivity contribution in [3.8, 4) is 11.1 Å². The summed E-state index contributed by atoms with van der Waals surface area (Å²) in [4.78, 5) is 32.5. The normalized spacial score (nSPS) is 11.5. The van der Waals surface area contributed by atoms with Crippen LogP contribution >= 0.6 is 0 Å². The van der Waals surface area contributed by atoms with Gasteiger partial charge in [0, 0.05) is 60.2 Å². The van der Waals surface area contributed by atoms with E-state index >= 15 is 0 Å². The molecule has 8 heteroatoms. The van der Waals surface area contributed by atoms with Gasteiger partial charge in [-0.25, -0.2) is 4.98 Å². The van der Waals surface area contributed by atoms with Crippen LogP contribution < -0.4 is 5.73 Å². The average Bonchev–Trinajstić information content (AvgIpc) is 3.35. The lowest BCUT2D eigenvalue weighted by Crippen LogP contribution is -2.31. The lowest BCUT2D eigenvalue weighted by Gasteiger charge is -2.20. The van der Waals surface area contributed by atoms with E-state index < -0.39 is 5.91 Å². The molecule has 2 heterocycles. The SMILES string of the molecule is C=C/C=C(\C(=C/CC)OC)c1c[nH]c2ncc(-c3ccc(C)c(C(=O)N(CC)CC)c3)cc12.COCC(N)=O. The molecule has 0 saturated heterocycles. The number of amides is 2. The number of ether oxygens (including phenoxy) is 2. The molecular weight excluding hydrogens is 492 g/mol. The van der Waals surface area contributed by atoms with E-state index in [2.05, 4.69) is 46.1 Å². The fourth-order valence-corrected chi connectivity index (χ4v) is 4.15. The maximum atomic E-state index is 13.0. The number of aromatic amines is 1. The van der Waals surface area contributed by atoms with Crippen LogP contribution in [0.2, 0.25) is 0 Å². The summed E-state index contributed by atoms with van der Waals surface area (Å²) in [7, 11) is 3.10. The molecule has 0 radical (unpaired) electrons. The van der Waals surface area contributed by atoms with Gasteiger partial charge in [-0.3, -0.25) is 9.59 Å². The number of nitrogens with two attached hydrogens (primary N) is 1. The molecular formula is C31H40N4O4. The summed E-state index contributed by atoms with van der Waals surface area (Å²) >= 11 is 0. The van der Waals surface area contributed by atoms with Crippen molar-refractivity contribution in [3.05, 3.63) is 83.9 Å². The minimum atomic E-state index is -0.433. The quantitative estimate of drug-likeness (QED) is 0.245. The third-order valence-corrected chi connectivity index (χ3v) is 6.12. The number of hydrogen-bond acceptors (Lipinski definition) is 5. The number of fused-ring (bicyclic) bond motifs is 1.